The number of carbonyl (C=O) groups is 1. The molecule has 1 aromatic heterocycles. The van der Waals surface area contributed by atoms with E-state index in [1.165, 1.54) is 23.5 Å². The summed E-state index contributed by atoms with van der Waals surface area (Å²) in [5.41, 5.74) is 1.22. The minimum absolute atomic E-state index is 0. The summed E-state index contributed by atoms with van der Waals surface area (Å²) in [4.78, 5) is 23.1. The van der Waals surface area contributed by atoms with Gasteiger partial charge in [-0.3, -0.25) is 9.69 Å². The van der Waals surface area contributed by atoms with Crippen molar-refractivity contribution in [3.63, 3.8) is 0 Å². The minimum atomic E-state index is -3.39. The van der Waals surface area contributed by atoms with E-state index in [-0.39, 0.29) is 29.0 Å². The van der Waals surface area contributed by atoms with Crippen LogP contribution in [0.1, 0.15) is 17.3 Å². The molecule has 1 heterocycles. The third kappa shape index (κ3) is 5.78. The fraction of sp³-hybridized carbons (Fsp3) is 0.333. The van der Waals surface area contributed by atoms with Crippen molar-refractivity contribution in [3.8, 4) is 0 Å². The summed E-state index contributed by atoms with van der Waals surface area (Å²) in [5.74, 6) is -0.264. The summed E-state index contributed by atoms with van der Waals surface area (Å²) in [5, 5.41) is 0.613. The average Bonchev–Trinajstić information content (AvgIpc) is 3.17. The molecule has 0 saturated heterocycles. The van der Waals surface area contributed by atoms with Gasteiger partial charge in [-0.1, -0.05) is 30.4 Å². The number of aromatic nitrogens is 1. The van der Waals surface area contributed by atoms with E-state index in [9.17, 15) is 13.2 Å². The Balaban J connectivity index is 0.00000341. The lowest BCUT2D eigenvalue weighted by Crippen LogP contribution is -2.36. The molecule has 0 fully saturated rings. The standard InChI is InChI=1S/C21H25N3O3S3.ClH/c1-5-30(26,27)16-9-6-8-15(14-16)20(25)24(13-12-23(2)3)21-22-19-17(28-4)10-7-11-18(19)29-21;/h6-11,14H,5,12-13H2,1-4H3;1H. The van der Waals surface area contributed by atoms with Crippen LogP contribution in [0.5, 0.6) is 0 Å². The monoisotopic (exact) mass is 499 g/mol. The Morgan fingerprint density at radius 3 is 2.48 bits per heavy atom. The highest BCUT2D eigenvalue weighted by Gasteiger charge is 2.23. The van der Waals surface area contributed by atoms with Gasteiger partial charge in [-0.15, -0.1) is 24.2 Å². The molecule has 3 aromatic rings. The lowest BCUT2D eigenvalue weighted by Gasteiger charge is -2.22. The normalized spacial score (nSPS) is 11.5. The third-order valence-corrected chi connectivity index (χ3v) is 8.20. The molecule has 0 aliphatic heterocycles. The summed E-state index contributed by atoms with van der Waals surface area (Å²) >= 11 is 3.09. The maximum Gasteiger partial charge on any atom is 0.260 e. The van der Waals surface area contributed by atoms with Crippen LogP contribution in [0.2, 0.25) is 0 Å². The van der Waals surface area contributed by atoms with Crippen LogP contribution in [0.25, 0.3) is 10.2 Å². The number of thiazole rings is 1. The molecule has 0 bridgehead atoms. The van der Waals surface area contributed by atoms with Gasteiger partial charge in [0, 0.05) is 23.5 Å². The summed E-state index contributed by atoms with van der Waals surface area (Å²) < 4.78 is 25.6. The van der Waals surface area contributed by atoms with Gasteiger partial charge in [-0.05, 0) is 50.7 Å². The highest BCUT2D eigenvalue weighted by molar-refractivity contribution is 7.98. The van der Waals surface area contributed by atoms with E-state index in [2.05, 4.69) is 0 Å². The van der Waals surface area contributed by atoms with E-state index < -0.39 is 9.84 Å². The van der Waals surface area contributed by atoms with Gasteiger partial charge in [0.15, 0.2) is 15.0 Å². The van der Waals surface area contributed by atoms with Crippen molar-refractivity contribution in [1.29, 1.82) is 0 Å². The molecule has 0 N–H and O–H groups in total. The summed E-state index contributed by atoms with van der Waals surface area (Å²) in [6, 6.07) is 12.3. The zero-order valence-electron chi connectivity index (χ0n) is 17.9. The maximum atomic E-state index is 13.4. The molecule has 0 aliphatic rings. The van der Waals surface area contributed by atoms with Crippen molar-refractivity contribution >= 4 is 66.6 Å². The molecule has 31 heavy (non-hydrogen) atoms. The van der Waals surface area contributed by atoms with Crippen LogP contribution in [0.3, 0.4) is 0 Å². The van der Waals surface area contributed by atoms with Crippen LogP contribution in [0, 0.1) is 0 Å². The van der Waals surface area contributed by atoms with Crippen LogP contribution >= 0.6 is 35.5 Å². The van der Waals surface area contributed by atoms with Gasteiger partial charge in [0.2, 0.25) is 0 Å². The number of fused-ring (bicyclic) bond motifs is 1. The van der Waals surface area contributed by atoms with Crippen molar-refractivity contribution < 1.29 is 13.2 Å². The van der Waals surface area contributed by atoms with Crippen LogP contribution in [-0.2, 0) is 9.84 Å². The number of anilines is 1. The number of hydrogen-bond acceptors (Lipinski definition) is 7. The zero-order valence-corrected chi connectivity index (χ0v) is 21.1. The number of sulfone groups is 1. The molecule has 10 heteroatoms. The number of rotatable bonds is 8. The van der Waals surface area contributed by atoms with E-state index >= 15 is 0 Å². The molecular formula is C21H26ClN3O3S3. The number of amides is 1. The lowest BCUT2D eigenvalue weighted by molar-refractivity contribution is 0.0985. The zero-order chi connectivity index (χ0) is 21.9. The SMILES string of the molecule is CCS(=O)(=O)c1cccc(C(=O)N(CCN(C)C)c2nc3c(SC)cccc3s2)c1.Cl. The molecule has 2 aromatic carbocycles. The Hall–Kier alpha value is -1.65. The number of benzene rings is 2. The van der Waals surface area contributed by atoms with Crippen LogP contribution < -0.4 is 4.90 Å². The van der Waals surface area contributed by atoms with Crippen molar-refractivity contribution in [2.24, 2.45) is 0 Å². The summed E-state index contributed by atoms with van der Waals surface area (Å²) in [6.45, 7) is 2.70. The molecule has 0 atom stereocenters. The highest BCUT2D eigenvalue weighted by atomic mass is 35.5. The molecule has 0 radical (unpaired) electrons. The number of thioether (sulfide) groups is 1. The van der Waals surface area contributed by atoms with Gasteiger partial charge < -0.3 is 4.90 Å². The van der Waals surface area contributed by atoms with Gasteiger partial charge in [-0.25, -0.2) is 13.4 Å². The lowest BCUT2D eigenvalue weighted by atomic mass is 10.2. The average molecular weight is 500 g/mol. The number of nitrogens with zero attached hydrogens (tertiary/aromatic N) is 3. The topological polar surface area (TPSA) is 70.6 Å². The fourth-order valence-corrected chi connectivity index (χ4v) is 5.49. The van der Waals surface area contributed by atoms with Crippen molar-refractivity contribution in [3.05, 3.63) is 48.0 Å². The first-order valence-electron chi connectivity index (χ1n) is 9.49. The Kier molecular flexibility index (Phi) is 8.91. The van der Waals surface area contributed by atoms with E-state index in [4.69, 9.17) is 4.98 Å². The maximum absolute atomic E-state index is 13.4. The predicted molar refractivity (Wildman–Crippen MR) is 133 cm³/mol. The first kappa shape index (κ1) is 25.6. The molecule has 6 nitrogen and oxygen atoms in total. The first-order valence-corrected chi connectivity index (χ1v) is 13.2. The molecule has 0 saturated carbocycles. The van der Waals surface area contributed by atoms with E-state index in [1.54, 1.807) is 35.7 Å². The fourth-order valence-electron chi connectivity index (χ4n) is 2.92. The first-order chi connectivity index (χ1) is 14.3. The van der Waals surface area contributed by atoms with Gasteiger partial charge in [0.1, 0.15) is 0 Å². The van der Waals surface area contributed by atoms with E-state index in [0.717, 1.165) is 15.1 Å². The van der Waals surface area contributed by atoms with Crippen molar-refractivity contribution in [2.75, 3.05) is 44.1 Å². The number of likely N-dealkylation sites (N-methyl/N-ethyl adjacent to an activating group) is 1. The Bertz CT molecular complexity index is 1160. The molecule has 3 rings (SSSR count). The largest absolute Gasteiger partial charge is 0.308 e. The molecule has 0 spiro atoms. The van der Waals surface area contributed by atoms with Crippen molar-refractivity contribution in [1.82, 2.24) is 9.88 Å². The van der Waals surface area contributed by atoms with Gasteiger partial charge in [0.25, 0.3) is 5.91 Å². The predicted octanol–water partition coefficient (Wildman–Crippen LogP) is 4.44. The second kappa shape index (κ2) is 10.8. The second-order valence-corrected chi connectivity index (χ2v) is 11.1. The Morgan fingerprint density at radius 1 is 1.13 bits per heavy atom. The number of hydrogen-bond donors (Lipinski definition) is 0. The molecule has 1 amide bonds. The van der Waals surface area contributed by atoms with Crippen LogP contribution in [-0.4, -0.2) is 63.4 Å². The second-order valence-electron chi connectivity index (χ2n) is 6.99. The molecule has 0 aliphatic carbocycles. The molecule has 0 unspecified atom stereocenters. The van der Waals surface area contributed by atoms with E-state index in [0.29, 0.717) is 23.8 Å². The molecule has 168 valence electrons. The number of carbonyl (C=O) groups excluding carboxylic acids is 1. The molecular weight excluding hydrogens is 474 g/mol. The van der Waals surface area contributed by atoms with Crippen LogP contribution in [0.4, 0.5) is 5.13 Å². The van der Waals surface area contributed by atoms with Crippen molar-refractivity contribution in [2.45, 2.75) is 16.7 Å². The van der Waals surface area contributed by atoms with Gasteiger partial charge in [-0.2, -0.15) is 0 Å². The van der Waals surface area contributed by atoms with E-state index in [1.807, 2.05) is 43.5 Å². The number of para-hydroxylation sites is 1. The summed E-state index contributed by atoms with van der Waals surface area (Å²) in [7, 11) is 0.497. The van der Waals surface area contributed by atoms with Crippen LogP contribution in [0.15, 0.2) is 52.3 Å². The minimum Gasteiger partial charge on any atom is -0.308 e. The smallest absolute Gasteiger partial charge is 0.260 e. The Morgan fingerprint density at radius 2 is 1.84 bits per heavy atom. The van der Waals surface area contributed by atoms with Gasteiger partial charge >= 0.3 is 0 Å². The van der Waals surface area contributed by atoms with Gasteiger partial charge in [0.05, 0.1) is 20.9 Å². The highest BCUT2D eigenvalue weighted by Crippen LogP contribution is 2.34. The Labute approximate surface area is 198 Å². The quantitative estimate of drug-likeness (QED) is 0.427. The number of halogens is 1. The third-order valence-electron chi connectivity index (χ3n) is 4.66. The summed E-state index contributed by atoms with van der Waals surface area (Å²) in [6.07, 6.45) is 2.00.